The molecule has 0 amide bonds. The van der Waals surface area contributed by atoms with Gasteiger partial charge in [-0.25, -0.2) is 0 Å². The third-order valence-corrected chi connectivity index (χ3v) is 2.58. The molecule has 4 heteroatoms. The molecule has 1 saturated carbocycles. The fraction of sp³-hybridized carbons (Fsp3) is 0.444. The van der Waals surface area contributed by atoms with Gasteiger partial charge >= 0.3 is 0 Å². The zero-order valence-electron chi connectivity index (χ0n) is 7.58. The Morgan fingerprint density at radius 2 is 2.15 bits per heavy atom. The Morgan fingerprint density at radius 3 is 2.69 bits per heavy atom. The summed E-state index contributed by atoms with van der Waals surface area (Å²) < 4.78 is 1.46. The Labute approximate surface area is 76.2 Å². The van der Waals surface area contributed by atoms with Gasteiger partial charge in [-0.1, -0.05) is 0 Å². The molecule has 1 heterocycles. The van der Waals surface area contributed by atoms with Crippen LogP contribution < -0.4 is 17.0 Å². The predicted octanol–water partition coefficient (Wildman–Crippen LogP) is -0.0847. The van der Waals surface area contributed by atoms with E-state index in [0.29, 0.717) is 5.69 Å². The number of hydrogen-bond donors (Lipinski definition) is 2. The van der Waals surface area contributed by atoms with Gasteiger partial charge in [0.15, 0.2) is 0 Å². The van der Waals surface area contributed by atoms with E-state index in [0.717, 1.165) is 18.4 Å². The molecule has 4 nitrogen and oxygen atoms in total. The van der Waals surface area contributed by atoms with E-state index in [1.807, 2.05) is 0 Å². The maximum atomic E-state index is 11.3. The lowest BCUT2D eigenvalue weighted by atomic mass is 10.1. The van der Waals surface area contributed by atoms with Crippen LogP contribution in [0.5, 0.6) is 0 Å². The molecule has 2 rings (SSSR count). The highest BCUT2D eigenvalue weighted by atomic mass is 16.1. The summed E-state index contributed by atoms with van der Waals surface area (Å²) in [7, 11) is 1.68. The van der Waals surface area contributed by atoms with E-state index in [1.165, 1.54) is 4.57 Å². The SMILES string of the molecule is Cn1cc(N)c(C2(N)CC2)cc1=O. The lowest BCUT2D eigenvalue weighted by Crippen LogP contribution is -2.26. The number of aromatic nitrogens is 1. The van der Waals surface area contributed by atoms with Crippen LogP contribution in [0.1, 0.15) is 18.4 Å². The molecule has 1 aromatic heterocycles. The van der Waals surface area contributed by atoms with Crippen LogP contribution in [-0.4, -0.2) is 4.57 Å². The summed E-state index contributed by atoms with van der Waals surface area (Å²) in [5, 5.41) is 0. The topological polar surface area (TPSA) is 74.0 Å². The average molecular weight is 179 g/mol. The van der Waals surface area contributed by atoms with Gasteiger partial charge in [0.25, 0.3) is 5.56 Å². The van der Waals surface area contributed by atoms with Gasteiger partial charge in [0.2, 0.25) is 0 Å². The molecule has 4 N–H and O–H groups in total. The van der Waals surface area contributed by atoms with Crippen molar-refractivity contribution in [3.05, 3.63) is 28.2 Å². The summed E-state index contributed by atoms with van der Waals surface area (Å²) in [6.45, 7) is 0. The Hall–Kier alpha value is -1.29. The van der Waals surface area contributed by atoms with Crippen LogP contribution in [0.2, 0.25) is 0 Å². The minimum absolute atomic E-state index is 0.0547. The summed E-state index contributed by atoms with van der Waals surface area (Å²) in [6, 6.07) is 1.54. The van der Waals surface area contributed by atoms with Crippen LogP contribution in [0.25, 0.3) is 0 Å². The number of hydrogen-bond acceptors (Lipinski definition) is 3. The lowest BCUT2D eigenvalue weighted by Gasteiger charge is -2.12. The quantitative estimate of drug-likeness (QED) is 0.633. The molecule has 0 spiro atoms. The summed E-state index contributed by atoms with van der Waals surface area (Å²) in [4.78, 5) is 11.3. The van der Waals surface area contributed by atoms with Gasteiger partial charge in [-0.05, 0) is 12.8 Å². The third kappa shape index (κ3) is 1.23. The van der Waals surface area contributed by atoms with E-state index in [4.69, 9.17) is 11.5 Å². The van der Waals surface area contributed by atoms with Crippen molar-refractivity contribution in [1.82, 2.24) is 4.57 Å². The number of rotatable bonds is 1. The number of pyridine rings is 1. The molecule has 0 unspecified atom stereocenters. The second-order valence-corrected chi connectivity index (χ2v) is 3.75. The van der Waals surface area contributed by atoms with Crippen LogP contribution in [0.4, 0.5) is 5.69 Å². The van der Waals surface area contributed by atoms with E-state index in [1.54, 1.807) is 19.3 Å². The molecular weight excluding hydrogens is 166 g/mol. The zero-order valence-corrected chi connectivity index (χ0v) is 7.58. The first-order valence-corrected chi connectivity index (χ1v) is 4.28. The van der Waals surface area contributed by atoms with Gasteiger partial charge < -0.3 is 16.0 Å². The van der Waals surface area contributed by atoms with Gasteiger partial charge in [-0.2, -0.15) is 0 Å². The van der Waals surface area contributed by atoms with Crippen molar-refractivity contribution in [2.24, 2.45) is 12.8 Å². The van der Waals surface area contributed by atoms with Gasteiger partial charge in [0.05, 0.1) is 5.69 Å². The average Bonchev–Trinajstić information content (AvgIpc) is 2.77. The van der Waals surface area contributed by atoms with Crippen LogP contribution in [-0.2, 0) is 12.6 Å². The van der Waals surface area contributed by atoms with Crippen molar-refractivity contribution in [2.45, 2.75) is 18.4 Å². The normalized spacial score (nSPS) is 18.6. The van der Waals surface area contributed by atoms with E-state index in [9.17, 15) is 4.79 Å². The highest BCUT2D eigenvalue weighted by molar-refractivity contribution is 5.50. The maximum Gasteiger partial charge on any atom is 0.250 e. The largest absolute Gasteiger partial charge is 0.397 e. The number of nitrogens with two attached hydrogens (primary N) is 2. The zero-order chi connectivity index (χ0) is 9.64. The standard InChI is InChI=1S/C9H13N3O/c1-12-5-7(10)6(4-8(12)13)9(11)2-3-9/h4-5H,2-3,10-11H2,1H3. The minimum Gasteiger partial charge on any atom is -0.397 e. The fourth-order valence-corrected chi connectivity index (χ4v) is 1.49. The first kappa shape index (κ1) is 8.31. The molecule has 0 atom stereocenters. The molecule has 0 aliphatic heterocycles. The van der Waals surface area contributed by atoms with Gasteiger partial charge in [0, 0.05) is 30.4 Å². The van der Waals surface area contributed by atoms with Crippen molar-refractivity contribution in [3.8, 4) is 0 Å². The van der Waals surface area contributed by atoms with E-state index in [2.05, 4.69) is 0 Å². The number of nitrogens with zero attached hydrogens (tertiary/aromatic N) is 1. The van der Waals surface area contributed by atoms with E-state index in [-0.39, 0.29) is 11.1 Å². The summed E-state index contributed by atoms with van der Waals surface area (Å²) in [5.74, 6) is 0. The maximum absolute atomic E-state index is 11.3. The molecule has 70 valence electrons. The Morgan fingerprint density at radius 1 is 1.54 bits per heavy atom. The molecule has 1 aromatic rings. The first-order chi connectivity index (χ1) is 6.03. The Bertz CT molecular complexity index is 404. The third-order valence-electron chi connectivity index (χ3n) is 2.58. The summed E-state index contributed by atoms with van der Waals surface area (Å²) in [6.07, 6.45) is 3.47. The molecule has 1 aliphatic rings. The van der Waals surface area contributed by atoms with Crippen molar-refractivity contribution in [3.63, 3.8) is 0 Å². The molecule has 0 bridgehead atoms. The Kier molecular flexibility index (Phi) is 1.51. The molecule has 1 aliphatic carbocycles. The van der Waals surface area contributed by atoms with E-state index >= 15 is 0 Å². The van der Waals surface area contributed by atoms with Crippen LogP contribution in [0.3, 0.4) is 0 Å². The van der Waals surface area contributed by atoms with E-state index < -0.39 is 0 Å². The monoisotopic (exact) mass is 179 g/mol. The van der Waals surface area contributed by atoms with Crippen LogP contribution in [0.15, 0.2) is 17.1 Å². The van der Waals surface area contributed by atoms with Crippen molar-refractivity contribution >= 4 is 5.69 Å². The van der Waals surface area contributed by atoms with Crippen molar-refractivity contribution in [1.29, 1.82) is 0 Å². The number of anilines is 1. The molecule has 0 radical (unpaired) electrons. The Balaban J connectivity index is 2.59. The van der Waals surface area contributed by atoms with Crippen molar-refractivity contribution < 1.29 is 0 Å². The van der Waals surface area contributed by atoms with Crippen LogP contribution >= 0.6 is 0 Å². The molecule has 13 heavy (non-hydrogen) atoms. The molecule has 0 aromatic carbocycles. The highest BCUT2D eigenvalue weighted by Gasteiger charge is 2.41. The molecular formula is C9H13N3O. The van der Waals surface area contributed by atoms with Gasteiger partial charge in [-0.3, -0.25) is 4.79 Å². The molecule has 1 fully saturated rings. The first-order valence-electron chi connectivity index (χ1n) is 4.28. The highest BCUT2D eigenvalue weighted by Crippen LogP contribution is 2.44. The second-order valence-electron chi connectivity index (χ2n) is 3.75. The van der Waals surface area contributed by atoms with Crippen molar-refractivity contribution in [2.75, 3.05) is 5.73 Å². The number of nitrogen functional groups attached to an aromatic ring is 1. The summed E-state index contributed by atoms with van der Waals surface area (Å²) >= 11 is 0. The smallest absolute Gasteiger partial charge is 0.250 e. The lowest BCUT2D eigenvalue weighted by molar-refractivity contribution is 0.729. The fourth-order valence-electron chi connectivity index (χ4n) is 1.49. The predicted molar refractivity (Wildman–Crippen MR) is 51.2 cm³/mol. The van der Waals surface area contributed by atoms with Gasteiger partial charge in [-0.15, -0.1) is 0 Å². The molecule has 0 saturated heterocycles. The van der Waals surface area contributed by atoms with Gasteiger partial charge in [0.1, 0.15) is 0 Å². The minimum atomic E-state index is -0.322. The number of aryl methyl sites for hydroxylation is 1. The summed E-state index contributed by atoms with van der Waals surface area (Å²) in [5.41, 5.74) is 12.8. The van der Waals surface area contributed by atoms with Crippen LogP contribution in [0, 0.1) is 0 Å². The second kappa shape index (κ2) is 2.35.